The molecule has 0 saturated carbocycles. The SMILES string of the molecule is NC(=S)c1ccc(Oc2cccc(C(F)(F)F)c2)nc1. The lowest BCUT2D eigenvalue weighted by Crippen LogP contribution is -2.09. The van der Waals surface area contributed by atoms with Gasteiger partial charge in [-0.1, -0.05) is 18.3 Å². The largest absolute Gasteiger partial charge is 0.439 e. The Balaban J connectivity index is 2.20. The van der Waals surface area contributed by atoms with E-state index in [1.807, 2.05) is 0 Å². The second kappa shape index (κ2) is 5.46. The highest BCUT2D eigenvalue weighted by molar-refractivity contribution is 7.80. The summed E-state index contributed by atoms with van der Waals surface area (Å²) in [5, 5.41) is 0. The monoisotopic (exact) mass is 298 g/mol. The summed E-state index contributed by atoms with van der Waals surface area (Å²) >= 11 is 4.77. The number of benzene rings is 1. The molecule has 0 spiro atoms. The molecule has 0 radical (unpaired) electrons. The molecule has 0 unspecified atom stereocenters. The summed E-state index contributed by atoms with van der Waals surface area (Å²) in [6, 6.07) is 7.62. The molecule has 20 heavy (non-hydrogen) atoms. The van der Waals surface area contributed by atoms with Crippen LogP contribution >= 0.6 is 12.2 Å². The lowest BCUT2D eigenvalue weighted by Gasteiger charge is -2.09. The van der Waals surface area contributed by atoms with Gasteiger partial charge >= 0.3 is 6.18 Å². The molecule has 0 bridgehead atoms. The molecule has 0 atom stereocenters. The smallest absolute Gasteiger partial charge is 0.416 e. The molecule has 104 valence electrons. The summed E-state index contributed by atoms with van der Waals surface area (Å²) < 4.78 is 42.9. The maximum absolute atomic E-state index is 12.5. The maximum Gasteiger partial charge on any atom is 0.416 e. The van der Waals surface area contributed by atoms with Gasteiger partial charge in [-0.25, -0.2) is 4.98 Å². The molecule has 1 aromatic heterocycles. The van der Waals surface area contributed by atoms with Crippen molar-refractivity contribution in [2.75, 3.05) is 0 Å². The maximum atomic E-state index is 12.5. The van der Waals surface area contributed by atoms with Crippen molar-refractivity contribution in [3.05, 3.63) is 53.7 Å². The topological polar surface area (TPSA) is 48.1 Å². The minimum atomic E-state index is -4.41. The molecule has 3 nitrogen and oxygen atoms in total. The van der Waals surface area contributed by atoms with Crippen LogP contribution in [0, 0.1) is 0 Å². The van der Waals surface area contributed by atoms with Crippen LogP contribution in [0.2, 0.25) is 0 Å². The van der Waals surface area contributed by atoms with Crippen molar-refractivity contribution in [3.8, 4) is 11.6 Å². The van der Waals surface area contributed by atoms with E-state index in [1.165, 1.54) is 24.4 Å². The molecule has 0 amide bonds. The van der Waals surface area contributed by atoms with Gasteiger partial charge in [0.1, 0.15) is 10.7 Å². The van der Waals surface area contributed by atoms with Crippen LogP contribution in [0.5, 0.6) is 11.6 Å². The number of thiocarbonyl (C=S) groups is 1. The van der Waals surface area contributed by atoms with E-state index in [2.05, 4.69) is 4.98 Å². The summed E-state index contributed by atoms with van der Waals surface area (Å²) in [7, 11) is 0. The number of pyridine rings is 1. The second-order valence-corrected chi connectivity index (χ2v) is 4.32. The number of nitrogens with two attached hydrogens (primary N) is 1. The Kier molecular flexibility index (Phi) is 3.89. The van der Waals surface area contributed by atoms with Crippen LogP contribution in [0.3, 0.4) is 0 Å². The molecule has 0 fully saturated rings. The van der Waals surface area contributed by atoms with E-state index in [1.54, 1.807) is 6.07 Å². The molecule has 0 aliphatic rings. The van der Waals surface area contributed by atoms with E-state index in [4.69, 9.17) is 22.7 Å². The zero-order valence-corrected chi connectivity index (χ0v) is 10.8. The highest BCUT2D eigenvalue weighted by Gasteiger charge is 2.30. The molecule has 2 aromatic rings. The first kappa shape index (κ1) is 14.3. The van der Waals surface area contributed by atoms with Gasteiger partial charge in [0.05, 0.1) is 5.56 Å². The third-order valence-corrected chi connectivity index (χ3v) is 2.64. The number of nitrogens with zero attached hydrogens (tertiary/aromatic N) is 1. The van der Waals surface area contributed by atoms with E-state index in [9.17, 15) is 13.2 Å². The zero-order chi connectivity index (χ0) is 14.8. The summed E-state index contributed by atoms with van der Waals surface area (Å²) in [5.74, 6) is 0.208. The number of rotatable bonds is 3. The van der Waals surface area contributed by atoms with Crippen molar-refractivity contribution in [2.45, 2.75) is 6.18 Å². The van der Waals surface area contributed by atoms with Crippen molar-refractivity contribution >= 4 is 17.2 Å². The number of aromatic nitrogens is 1. The number of hydrogen-bond donors (Lipinski definition) is 1. The summed E-state index contributed by atoms with van der Waals surface area (Å²) in [6.45, 7) is 0. The minimum absolute atomic E-state index is 0.0513. The Labute approximate surface area is 118 Å². The molecule has 0 aliphatic heterocycles. The second-order valence-electron chi connectivity index (χ2n) is 3.88. The minimum Gasteiger partial charge on any atom is -0.439 e. The third kappa shape index (κ3) is 3.45. The summed E-state index contributed by atoms with van der Waals surface area (Å²) in [4.78, 5) is 4.10. The predicted molar refractivity (Wildman–Crippen MR) is 71.6 cm³/mol. The Morgan fingerprint density at radius 3 is 2.50 bits per heavy atom. The highest BCUT2D eigenvalue weighted by Crippen LogP contribution is 2.32. The molecule has 2 rings (SSSR count). The van der Waals surface area contributed by atoms with Crippen LogP contribution in [-0.2, 0) is 6.18 Å². The summed E-state index contributed by atoms with van der Waals surface area (Å²) in [5.41, 5.74) is 5.18. The van der Waals surface area contributed by atoms with Crippen LogP contribution < -0.4 is 10.5 Å². The van der Waals surface area contributed by atoms with Crippen LogP contribution in [0.15, 0.2) is 42.6 Å². The van der Waals surface area contributed by atoms with Crippen molar-refractivity contribution in [1.29, 1.82) is 0 Å². The molecule has 7 heteroatoms. The number of ether oxygens (including phenoxy) is 1. The fraction of sp³-hybridized carbons (Fsp3) is 0.0769. The molecule has 1 heterocycles. The number of halogens is 3. The van der Waals surface area contributed by atoms with Gasteiger partial charge in [0.25, 0.3) is 0 Å². The van der Waals surface area contributed by atoms with Gasteiger partial charge in [-0.3, -0.25) is 0 Å². The lowest BCUT2D eigenvalue weighted by molar-refractivity contribution is -0.137. The number of hydrogen-bond acceptors (Lipinski definition) is 3. The van der Waals surface area contributed by atoms with Crippen molar-refractivity contribution in [1.82, 2.24) is 4.98 Å². The fourth-order valence-corrected chi connectivity index (χ4v) is 1.56. The van der Waals surface area contributed by atoms with Gasteiger partial charge in [0.15, 0.2) is 0 Å². The lowest BCUT2D eigenvalue weighted by atomic mass is 10.2. The third-order valence-electron chi connectivity index (χ3n) is 2.40. The first-order valence-corrected chi connectivity index (χ1v) is 5.88. The molecule has 0 aliphatic carbocycles. The number of alkyl halides is 3. The van der Waals surface area contributed by atoms with E-state index in [0.29, 0.717) is 5.56 Å². The van der Waals surface area contributed by atoms with Gasteiger partial charge in [-0.2, -0.15) is 13.2 Å². The van der Waals surface area contributed by atoms with Crippen LogP contribution in [0.1, 0.15) is 11.1 Å². The van der Waals surface area contributed by atoms with E-state index >= 15 is 0 Å². The standard InChI is InChI=1S/C13H9F3N2OS/c14-13(15,16)9-2-1-3-10(6-9)19-11-5-4-8(7-18-11)12(17)20/h1-7H,(H2,17,20). The van der Waals surface area contributed by atoms with E-state index in [0.717, 1.165) is 12.1 Å². The fourth-order valence-electron chi connectivity index (χ4n) is 1.44. The average Bonchev–Trinajstić information content (AvgIpc) is 2.38. The Morgan fingerprint density at radius 1 is 1.20 bits per heavy atom. The Bertz CT molecular complexity index is 626. The van der Waals surface area contributed by atoms with E-state index in [-0.39, 0.29) is 16.6 Å². The van der Waals surface area contributed by atoms with Gasteiger partial charge in [-0.15, -0.1) is 0 Å². The van der Waals surface area contributed by atoms with Crippen LogP contribution in [-0.4, -0.2) is 9.97 Å². The van der Waals surface area contributed by atoms with E-state index < -0.39 is 11.7 Å². The predicted octanol–water partition coefficient (Wildman–Crippen LogP) is 3.53. The normalized spacial score (nSPS) is 11.2. The average molecular weight is 298 g/mol. The molecule has 0 saturated heterocycles. The van der Waals surface area contributed by atoms with Gasteiger partial charge < -0.3 is 10.5 Å². The zero-order valence-electron chi connectivity index (χ0n) is 10.0. The van der Waals surface area contributed by atoms with Gasteiger partial charge in [0, 0.05) is 17.8 Å². The van der Waals surface area contributed by atoms with Crippen LogP contribution in [0.25, 0.3) is 0 Å². The van der Waals surface area contributed by atoms with Crippen molar-refractivity contribution in [2.24, 2.45) is 5.73 Å². The molecule has 1 aromatic carbocycles. The highest BCUT2D eigenvalue weighted by atomic mass is 32.1. The summed E-state index contributed by atoms with van der Waals surface area (Å²) in [6.07, 6.45) is -3.02. The van der Waals surface area contributed by atoms with Crippen molar-refractivity contribution < 1.29 is 17.9 Å². The van der Waals surface area contributed by atoms with Gasteiger partial charge in [0.2, 0.25) is 5.88 Å². The van der Waals surface area contributed by atoms with Crippen LogP contribution in [0.4, 0.5) is 13.2 Å². The molecular formula is C13H9F3N2OS. The first-order valence-electron chi connectivity index (χ1n) is 5.47. The molecule has 2 N–H and O–H groups in total. The first-order chi connectivity index (χ1) is 9.36. The Morgan fingerprint density at radius 2 is 1.95 bits per heavy atom. The molecular weight excluding hydrogens is 289 g/mol. The van der Waals surface area contributed by atoms with Gasteiger partial charge in [-0.05, 0) is 24.3 Å². The quantitative estimate of drug-likeness (QED) is 0.881. The Hall–Kier alpha value is -2.15. The van der Waals surface area contributed by atoms with Crippen molar-refractivity contribution in [3.63, 3.8) is 0 Å².